The van der Waals surface area contributed by atoms with Crippen LogP contribution >= 0.6 is 0 Å². The molecule has 0 bridgehead atoms. The van der Waals surface area contributed by atoms with Crippen molar-refractivity contribution in [3.63, 3.8) is 0 Å². The first kappa shape index (κ1) is 21.5. The lowest BCUT2D eigenvalue weighted by atomic mass is 10.1. The number of nitrogens with one attached hydrogen (secondary N) is 1. The SMILES string of the molecule is O=C(Nc1ccc(OC(F)(F)F)cc1)O/N=C/c1ccc(C#Cc2ccccc2)cc1. The van der Waals surface area contributed by atoms with Crippen LogP contribution in [0, 0.1) is 11.8 Å². The largest absolute Gasteiger partial charge is 0.573 e. The van der Waals surface area contributed by atoms with Crippen molar-refractivity contribution in [3.8, 4) is 17.6 Å². The Morgan fingerprint density at radius 3 is 2.10 bits per heavy atom. The third-order valence-electron chi connectivity index (χ3n) is 3.71. The zero-order valence-corrected chi connectivity index (χ0v) is 15.9. The molecule has 0 unspecified atom stereocenters. The predicted molar refractivity (Wildman–Crippen MR) is 110 cm³/mol. The number of amides is 1. The second-order valence-corrected chi connectivity index (χ2v) is 6.05. The highest BCUT2D eigenvalue weighted by Gasteiger charge is 2.30. The van der Waals surface area contributed by atoms with Crippen molar-refractivity contribution in [1.82, 2.24) is 0 Å². The maximum Gasteiger partial charge on any atom is 0.573 e. The summed E-state index contributed by atoms with van der Waals surface area (Å²) < 4.78 is 40.1. The number of oxime groups is 1. The van der Waals surface area contributed by atoms with Gasteiger partial charge in [-0.2, -0.15) is 0 Å². The van der Waals surface area contributed by atoms with Crippen molar-refractivity contribution in [1.29, 1.82) is 0 Å². The van der Waals surface area contributed by atoms with E-state index in [1.165, 1.54) is 18.3 Å². The van der Waals surface area contributed by atoms with E-state index in [1.54, 1.807) is 12.1 Å². The van der Waals surface area contributed by atoms with Crippen LogP contribution in [-0.2, 0) is 4.84 Å². The van der Waals surface area contributed by atoms with E-state index in [9.17, 15) is 18.0 Å². The quantitative estimate of drug-likeness (QED) is 0.258. The molecule has 0 atom stereocenters. The van der Waals surface area contributed by atoms with Gasteiger partial charge in [0.25, 0.3) is 0 Å². The Kier molecular flexibility index (Phi) is 6.91. The van der Waals surface area contributed by atoms with Crippen molar-refractivity contribution in [3.05, 3.63) is 95.6 Å². The van der Waals surface area contributed by atoms with Crippen molar-refractivity contribution < 1.29 is 27.5 Å². The molecule has 5 nitrogen and oxygen atoms in total. The molecular formula is C23H15F3N2O3. The van der Waals surface area contributed by atoms with Crippen LogP contribution in [0.2, 0.25) is 0 Å². The standard InChI is InChI=1S/C23H15F3N2O3/c24-23(25,26)30-21-14-12-20(13-15-21)28-22(29)31-27-16-19-10-8-18(9-11-19)7-6-17-4-2-1-3-5-17/h1-5,8-16H,(H,28,29)/b27-16+. The summed E-state index contributed by atoms with van der Waals surface area (Å²) in [4.78, 5) is 16.4. The summed E-state index contributed by atoms with van der Waals surface area (Å²) in [7, 11) is 0. The first-order chi connectivity index (χ1) is 14.9. The Morgan fingerprint density at radius 1 is 0.871 bits per heavy atom. The van der Waals surface area contributed by atoms with Crippen molar-refractivity contribution in [2.45, 2.75) is 6.36 Å². The molecule has 0 fully saturated rings. The van der Waals surface area contributed by atoms with Crippen LogP contribution in [0.15, 0.2) is 84.0 Å². The van der Waals surface area contributed by atoms with Crippen molar-refractivity contribution in [2.24, 2.45) is 5.16 Å². The van der Waals surface area contributed by atoms with Crippen LogP contribution in [-0.4, -0.2) is 18.7 Å². The molecule has 156 valence electrons. The lowest BCUT2D eigenvalue weighted by Gasteiger charge is -2.09. The summed E-state index contributed by atoms with van der Waals surface area (Å²) in [5, 5.41) is 5.91. The molecule has 0 heterocycles. The van der Waals surface area contributed by atoms with E-state index >= 15 is 0 Å². The highest BCUT2D eigenvalue weighted by Crippen LogP contribution is 2.23. The summed E-state index contributed by atoms with van der Waals surface area (Å²) in [6.45, 7) is 0. The van der Waals surface area contributed by atoms with Crippen LogP contribution in [0.4, 0.5) is 23.7 Å². The Balaban J connectivity index is 1.49. The molecule has 1 amide bonds. The zero-order valence-electron chi connectivity index (χ0n) is 15.9. The molecule has 8 heteroatoms. The van der Waals surface area contributed by atoms with Gasteiger partial charge in [0.05, 0.1) is 6.21 Å². The number of hydrogen-bond donors (Lipinski definition) is 1. The summed E-state index contributed by atoms with van der Waals surface area (Å²) in [5.41, 5.74) is 2.63. The third-order valence-corrected chi connectivity index (χ3v) is 3.71. The third kappa shape index (κ3) is 7.59. The van der Waals surface area contributed by atoms with E-state index in [4.69, 9.17) is 0 Å². The van der Waals surface area contributed by atoms with Gasteiger partial charge in [-0.15, -0.1) is 13.2 Å². The number of carbonyl (C=O) groups is 1. The Morgan fingerprint density at radius 2 is 1.48 bits per heavy atom. The number of alkyl halides is 3. The second-order valence-electron chi connectivity index (χ2n) is 6.05. The fourth-order valence-corrected chi connectivity index (χ4v) is 2.33. The molecule has 0 aromatic heterocycles. The topological polar surface area (TPSA) is 59.9 Å². The van der Waals surface area contributed by atoms with Gasteiger partial charge >= 0.3 is 12.5 Å². The second kappa shape index (κ2) is 9.98. The van der Waals surface area contributed by atoms with E-state index in [0.717, 1.165) is 23.3 Å². The molecule has 0 saturated heterocycles. The van der Waals surface area contributed by atoms with Gasteiger partial charge < -0.3 is 4.74 Å². The Hall–Kier alpha value is -4.25. The Labute approximate surface area is 176 Å². The fourth-order valence-electron chi connectivity index (χ4n) is 2.33. The molecule has 0 radical (unpaired) electrons. The average Bonchev–Trinajstić information content (AvgIpc) is 2.74. The number of nitrogens with zero attached hydrogens (tertiary/aromatic N) is 1. The van der Waals surface area contributed by atoms with E-state index in [1.807, 2.05) is 42.5 Å². The molecule has 0 aliphatic rings. The fraction of sp³-hybridized carbons (Fsp3) is 0.0435. The molecule has 0 saturated carbocycles. The van der Waals surface area contributed by atoms with Gasteiger partial charge in [-0.3, -0.25) is 10.2 Å². The van der Waals surface area contributed by atoms with Crippen LogP contribution < -0.4 is 10.1 Å². The molecule has 3 aromatic rings. The van der Waals surface area contributed by atoms with Crippen molar-refractivity contribution >= 4 is 18.0 Å². The Bertz CT molecular complexity index is 1100. The zero-order chi connectivity index (χ0) is 22.1. The maximum atomic E-state index is 12.1. The number of rotatable bonds is 4. The minimum Gasteiger partial charge on any atom is -0.406 e. The van der Waals surface area contributed by atoms with E-state index < -0.39 is 18.2 Å². The van der Waals surface area contributed by atoms with E-state index in [2.05, 4.69) is 31.9 Å². The van der Waals surface area contributed by atoms with Crippen LogP contribution in [0.1, 0.15) is 16.7 Å². The predicted octanol–water partition coefficient (Wildman–Crippen LogP) is 5.57. The van der Waals surface area contributed by atoms with E-state index in [-0.39, 0.29) is 5.69 Å². The summed E-state index contributed by atoms with van der Waals surface area (Å²) in [5.74, 6) is 5.69. The van der Waals surface area contributed by atoms with Gasteiger partial charge in [0, 0.05) is 16.8 Å². The molecule has 0 aliphatic heterocycles. The molecular weight excluding hydrogens is 409 g/mol. The van der Waals surface area contributed by atoms with Gasteiger partial charge in [-0.25, -0.2) is 4.79 Å². The molecule has 3 aromatic carbocycles. The van der Waals surface area contributed by atoms with Crippen molar-refractivity contribution in [2.75, 3.05) is 5.32 Å². The molecule has 1 N–H and O–H groups in total. The number of carbonyl (C=O) groups excluding carboxylic acids is 1. The molecule has 0 aliphatic carbocycles. The summed E-state index contributed by atoms with van der Waals surface area (Å²) >= 11 is 0. The lowest BCUT2D eigenvalue weighted by molar-refractivity contribution is -0.274. The first-order valence-corrected chi connectivity index (χ1v) is 8.92. The smallest absolute Gasteiger partial charge is 0.406 e. The van der Waals surface area contributed by atoms with Crippen LogP contribution in [0.25, 0.3) is 0 Å². The first-order valence-electron chi connectivity index (χ1n) is 8.92. The highest BCUT2D eigenvalue weighted by atomic mass is 19.4. The number of anilines is 1. The van der Waals surface area contributed by atoms with Gasteiger partial charge in [0.1, 0.15) is 5.75 Å². The van der Waals surface area contributed by atoms with Gasteiger partial charge in [0.2, 0.25) is 0 Å². The summed E-state index contributed by atoms with van der Waals surface area (Å²) in [6.07, 6.45) is -4.34. The van der Waals surface area contributed by atoms with Gasteiger partial charge in [0.15, 0.2) is 0 Å². The number of hydrogen-bond acceptors (Lipinski definition) is 4. The molecule has 0 spiro atoms. The monoisotopic (exact) mass is 424 g/mol. The van der Waals surface area contributed by atoms with Crippen LogP contribution in [0.3, 0.4) is 0 Å². The van der Waals surface area contributed by atoms with E-state index in [0.29, 0.717) is 5.56 Å². The van der Waals surface area contributed by atoms with Gasteiger partial charge in [-0.1, -0.05) is 47.3 Å². The average molecular weight is 424 g/mol. The number of halogens is 3. The number of benzene rings is 3. The summed E-state index contributed by atoms with van der Waals surface area (Å²) in [6, 6.07) is 21.3. The van der Waals surface area contributed by atoms with Crippen LogP contribution in [0.5, 0.6) is 5.75 Å². The molecule has 3 rings (SSSR count). The van der Waals surface area contributed by atoms with Gasteiger partial charge in [-0.05, 0) is 54.1 Å². The minimum atomic E-state index is -4.78. The molecule has 31 heavy (non-hydrogen) atoms. The highest BCUT2D eigenvalue weighted by molar-refractivity contribution is 5.86. The lowest BCUT2D eigenvalue weighted by Crippen LogP contribution is -2.17. The maximum absolute atomic E-state index is 12.1. The normalized spacial score (nSPS) is 10.8. The minimum absolute atomic E-state index is 0.219. The number of ether oxygens (including phenoxy) is 1.